The van der Waals surface area contributed by atoms with Gasteiger partial charge in [-0.05, 0) is 43.3 Å². The lowest BCUT2D eigenvalue weighted by Gasteiger charge is -2.09. The van der Waals surface area contributed by atoms with Crippen LogP contribution in [0.5, 0.6) is 0 Å². The molecule has 2 N–H and O–H groups in total. The standard InChI is InChI=1S/C15H19N3O2S/c1-3-16-11-13-4-6-15(7-5-13)21(19,20)18-14-8-9-17-12(2)10-14/h4-10,16H,3,11H2,1-2H3,(H,17,18). The Morgan fingerprint density at radius 1 is 1.14 bits per heavy atom. The molecule has 0 unspecified atom stereocenters. The van der Waals surface area contributed by atoms with Crippen LogP contribution in [0.15, 0.2) is 47.5 Å². The van der Waals surface area contributed by atoms with Crippen molar-refractivity contribution in [3.8, 4) is 0 Å². The molecule has 0 fully saturated rings. The molecule has 0 spiro atoms. The Labute approximate surface area is 125 Å². The lowest BCUT2D eigenvalue weighted by atomic mass is 10.2. The maximum atomic E-state index is 12.3. The van der Waals surface area contributed by atoms with E-state index in [1.54, 1.807) is 30.5 Å². The summed E-state index contributed by atoms with van der Waals surface area (Å²) in [5.74, 6) is 0. The van der Waals surface area contributed by atoms with E-state index >= 15 is 0 Å². The molecule has 1 heterocycles. The summed E-state index contributed by atoms with van der Waals surface area (Å²) in [7, 11) is -3.57. The van der Waals surface area contributed by atoms with Gasteiger partial charge in [0, 0.05) is 18.4 Å². The Morgan fingerprint density at radius 2 is 1.86 bits per heavy atom. The number of rotatable bonds is 6. The fourth-order valence-electron chi connectivity index (χ4n) is 1.88. The summed E-state index contributed by atoms with van der Waals surface area (Å²) in [6, 6.07) is 10.2. The summed E-state index contributed by atoms with van der Waals surface area (Å²) < 4.78 is 27.1. The molecule has 2 rings (SSSR count). The summed E-state index contributed by atoms with van der Waals surface area (Å²) in [4.78, 5) is 4.29. The Morgan fingerprint density at radius 3 is 2.48 bits per heavy atom. The van der Waals surface area contributed by atoms with Crippen molar-refractivity contribution in [1.29, 1.82) is 0 Å². The van der Waals surface area contributed by atoms with Crippen molar-refractivity contribution < 1.29 is 8.42 Å². The number of hydrogen-bond donors (Lipinski definition) is 2. The zero-order valence-electron chi connectivity index (χ0n) is 12.1. The maximum Gasteiger partial charge on any atom is 0.261 e. The molecule has 21 heavy (non-hydrogen) atoms. The largest absolute Gasteiger partial charge is 0.313 e. The van der Waals surface area contributed by atoms with E-state index in [0.29, 0.717) is 5.69 Å². The van der Waals surface area contributed by atoms with Crippen LogP contribution >= 0.6 is 0 Å². The van der Waals surface area contributed by atoms with Crippen molar-refractivity contribution in [3.63, 3.8) is 0 Å². The highest BCUT2D eigenvalue weighted by atomic mass is 32.2. The minimum absolute atomic E-state index is 0.247. The molecule has 1 aromatic heterocycles. The lowest BCUT2D eigenvalue weighted by Crippen LogP contribution is -2.14. The molecule has 0 radical (unpaired) electrons. The number of benzene rings is 1. The number of hydrogen-bond acceptors (Lipinski definition) is 4. The molecule has 0 aliphatic carbocycles. The number of nitrogens with zero attached hydrogens (tertiary/aromatic N) is 1. The quantitative estimate of drug-likeness (QED) is 0.859. The van der Waals surface area contributed by atoms with Gasteiger partial charge in [-0.2, -0.15) is 0 Å². The fourth-order valence-corrected chi connectivity index (χ4v) is 2.93. The molecule has 2 aromatic rings. The topological polar surface area (TPSA) is 71.1 Å². The van der Waals surface area contributed by atoms with Crippen molar-refractivity contribution in [2.75, 3.05) is 11.3 Å². The molecule has 112 valence electrons. The van der Waals surface area contributed by atoms with Gasteiger partial charge < -0.3 is 5.32 Å². The van der Waals surface area contributed by atoms with E-state index in [2.05, 4.69) is 15.0 Å². The number of anilines is 1. The number of pyridine rings is 1. The van der Waals surface area contributed by atoms with Gasteiger partial charge in [0.15, 0.2) is 0 Å². The maximum absolute atomic E-state index is 12.3. The normalized spacial score (nSPS) is 11.3. The first-order chi connectivity index (χ1) is 10.0. The molecule has 0 saturated carbocycles. The van der Waals surface area contributed by atoms with Gasteiger partial charge >= 0.3 is 0 Å². The molecule has 0 bridgehead atoms. The van der Waals surface area contributed by atoms with Gasteiger partial charge in [-0.25, -0.2) is 8.42 Å². The average molecular weight is 305 g/mol. The molecule has 0 amide bonds. The first-order valence-electron chi connectivity index (χ1n) is 6.76. The van der Waals surface area contributed by atoms with Crippen LogP contribution in [0.2, 0.25) is 0 Å². The summed E-state index contributed by atoms with van der Waals surface area (Å²) in [5.41, 5.74) is 2.32. The highest BCUT2D eigenvalue weighted by Gasteiger charge is 2.14. The van der Waals surface area contributed by atoms with Crippen molar-refractivity contribution >= 4 is 15.7 Å². The van der Waals surface area contributed by atoms with Gasteiger partial charge in [0.25, 0.3) is 10.0 Å². The monoisotopic (exact) mass is 305 g/mol. The van der Waals surface area contributed by atoms with Crippen LogP contribution in [0.3, 0.4) is 0 Å². The second-order valence-corrected chi connectivity index (χ2v) is 6.40. The molecule has 0 saturated heterocycles. The van der Waals surface area contributed by atoms with Crippen molar-refractivity contribution in [2.45, 2.75) is 25.3 Å². The van der Waals surface area contributed by atoms with Crippen molar-refractivity contribution in [1.82, 2.24) is 10.3 Å². The SMILES string of the molecule is CCNCc1ccc(S(=O)(=O)Nc2ccnc(C)c2)cc1. The van der Waals surface area contributed by atoms with E-state index in [4.69, 9.17) is 0 Å². The number of aryl methyl sites for hydroxylation is 1. The van der Waals surface area contributed by atoms with E-state index in [-0.39, 0.29) is 4.90 Å². The number of aromatic nitrogens is 1. The molecule has 1 aromatic carbocycles. The van der Waals surface area contributed by atoms with Gasteiger partial charge in [-0.3, -0.25) is 9.71 Å². The van der Waals surface area contributed by atoms with E-state index in [0.717, 1.165) is 24.3 Å². The summed E-state index contributed by atoms with van der Waals surface area (Å²) in [6.45, 7) is 5.45. The highest BCUT2D eigenvalue weighted by molar-refractivity contribution is 7.92. The van der Waals surface area contributed by atoms with Crippen LogP contribution in [-0.4, -0.2) is 19.9 Å². The van der Waals surface area contributed by atoms with Crippen LogP contribution in [0, 0.1) is 6.92 Å². The third kappa shape index (κ3) is 4.27. The van der Waals surface area contributed by atoms with Gasteiger partial charge in [0.05, 0.1) is 10.6 Å². The Hall–Kier alpha value is -1.92. The van der Waals surface area contributed by atoms with E-state index < -0.39 is 10.0 Å². The average Bonchev–Trinajstić information content (AvgIpc) is 2.45. The van der Waals surface area contributed by atoms with Crippen LogP contribution in [0.25, 0.3) is 0 Å². The molecule has 0 aliphatic rings. The second-order valence-electron chi connectivity index (χ2n) is 4.72. The summed E-state index contributed by atoms with van der Waals surface area (Å²) >= 11 is 0. The first-order valence-corrected chi connectivity index (χ1v) is 8.25. The summed E-state index contributed by atoms with van der Waals surface area (Å²) in [6.07, 6.45) is 1.58. The zero-order valence-corrected chi connectivity index (χ0v) is 12.9. The smallest absolute Gasteiger partial charge is 0.261 e. The number of nitrogens with one attached hydrogen (secondary N) is 2. The van der Waals surface area contributed by atoms with Crippen LogP contribution in [0.4, 0.5) is 5.69 Å². The van der Waals surface area contributed by atoms with Crippen LogP contribution in [0.1, 0.15) is 18.2 Å². The molecule has 0 atom stereocenters. The second kappa shape index (κ2) is 6.69. The Balaban J connectivity index is 2.15. The lowest BCUT2D eigenvalue weighted by molar-refractivity contribution is 0.601. The summed E-state index contributed by atoms with van der Waals surface area (Å²) in [5, 5.41) is 3.20. The van der Waals surface area contributed by atoms with E-state index in [9.17, 15) is 8.42 Å². The zero-order chi connectivity index (χ0) is 15.3. The van der Waals surface area contributed by atoms with Crippen molar-refractivity contribution in [2.24, 2.45) is 0 Å². The third-order valence-corrected chi connectivity index (χ3v) is 4.36. The number of sulfonamides is 1. The predicted molar refractivity (Wildman–Crippen MR) is 83.6 cm³/mol. The molecular formula is C15H19N3O2S. The highest BCUT2D eigenvalue weighted by Crippen LogP contribution is 2.16. The Kier molecular flexibility index (Phi) is 4.93. The fraction of sp³-hybridized carbons (Fsp3) is 0.267. The minimum Gasteiger partial charge on any atom is -0.313 e. The van der Waals surface area contributed by atoms with E-state index in [1.807, 2.05) is 26.0 Å². The van der Waals surface area contributed by atoms with Crippen molar-refractivity contribution in [3.05, 3.63) is 53.9 Å². The third-order valence-electron chi connectivity index (χ3n) is 2.96. The predicted octanol–water partition coefficient (Wildman–Crippen LogP) is 2.30. The van der Waals surface area contributed by atoms with Crippen LogP contribution in [-0.2, 0) is 16.6 Å². The molecular weight excluding hydrogens is 286 g/mol. The molecule has 6 heteroatoms. The Bertz CT molecular complexity index is 697. The van der Waals surface area contributed by atoms with Gasteiger partial charge in [0.2, 0.25) is 0 Å². The van der Waals surface area contributed by atoms with Gasteiger partial charge in [0.1, 0.15) is 0 Å². The molecule has 5 nitrogen and oxygen atoms in total. The minimum atomic E-state index is -3.57. The van der Waals surface area contributed by atoms with Gasteiger partial charge in [-0.1, -0.05) is 19.1 Å². The van der Waals surface area contributed by atoms with E-state index in [1.165, 1.54) is 0 Å². The van der Waals surface area contributed by atoms with Gasteiger partial charge in [-0.15, -0.1) is 0 Å². The van der Waals surface area contributed by atoms with Crippen LogP contribution < -0.4 is 10.0 Å². The first kappa shape index (κ1) is 15.5. The molecule has 0 aliphatic heterocycles.